The molecule has 0 bridgehead atoms. The average molecular weight is 493 g/mol. The number of nitrogens with one attached hydrogen (secondary N) is 2. The molecular weight excluding hydrogens is 468 g/mol. The van der Waals surface area contributed by atoms with E-state index in [9.17, 15) is 0 Å². The van der Waals surface area contributed by atoms with Gasteiger partial charge in [-0.1, -0.05) is 18.2 Å². The van der Waals surface area contributed by atoms with Crippen molar-refractivity contribution in [3.63, 3.8) is 0 Å². The van der Waals surface area contributed by atoms with Gasteiger partial charge < -0.3 is 20.9 Å². The number of thiocarbonyl (C=S) groups is 2. The Morgan fingerprint density at radius 3 is 1.35 bits per heavy atom. The molecule has 3 aromatic rings. The maximum Gasteiger partial charge on any atom is 0.184 e. The van der Waals surface area contributed by atoms with E-state index in [-0.39, 0.29) is 10.2 Å². The molecule has 0 unspecified atom stereocenters. The van der Waals surface area contributed by atoms with Crippen LogP contribution in [0.25, 0.3) is 0 Å². The van der Waals surface area contributed by atoms with Crippen LogP contribution in [-0.2, 0) is 0 Å². The summed E-state index contributed by atoms with van der Waals surface area (Å²) in [6, 6.07) is 22.7. The second kappa shape index (κ2) is 11.7. The number of hydrogen-bond acceptors (Lipinski definition) is 6. The largest absolute Gasteiger partial charge is 0.497 e. The van der Waals surface area contributed by atoms with Crippen molar-refractivity contribution in [3.8, 4) is 11.5 Å². The monoisotopic (exact) mass is 492 g/mol. The summed E-state index contributed by atoms with van der Waals surface area (Å²) < 4.78 is 10.5. The normalized spacial score (nSPS) is 11.5. The molecule has 0 saturated carbocycles. The molecule has 0 radical (unpaired) electrons. The van der Waals surface area contributed by atoms with E-state index in [1.54, 1.807) is 14.2 Å². The van der Waals surface area contributed by atoms with Crippen molar-refractivity contribution < 1.29 is 9.47 Å². The Bertz CT molecular complexity index is 1130. The highest BCUT2D eigenvalue weighted by Gasteiger charge is 2.13. The number of nitrogens with zero attached hydrogens (tertiary/aromatic N) is 2. The van der Waals surface area contributed by atoms with Crippen molar-refractivity contribution in [2.75, 3.05) is 14.2 Å². The fourth-order valence-electron chi connectivity index (χ4n) is 3.13. The third-order valence-electron chi connectivity index (χ3n) is 4.69. The van der Waals surface area contributed by atoms with Crippen LogP contribution in [0, 0.1) is 0 Å². The summed E-state index contributed by atoms with van der Waals surface area (Å²) >= 11 is 9.88. The number of ether oxygens (including phenoxy) is 2. The minimum absolute atomic E-state index is 0.0586. The highest BCUT2D eigenvalue weighted by molar-refractivity contribution is 7.80. The maximum absolute atomic E-state index is 5.62. The van der Waals surface area contributed by atoms with Crippen LogP contribution in [0.5, 0.6) is 11.5 Å². The molecule has 0 aromatic heterocycles. The minimum atomic E-state index is 0.0586. The Morgan fingerprint density at radius 2 is 1.03 bits per heavy atom. The van der Waals surface area contributed by atoms with Crippen LogP contribution >= 0.6 is 24.4 Å². The zero-order chi connectivity index (χ0) is 24.5. The summed E-state index contributed by atoms with van der Waals surface area (Å²) in [5.41, 5.74) is 21.2. The molecule has 0 amide bonds. The molecule has 3 aromatic carbocycles. The van der Waals surface area contributed by atoms with Crippen LogP contribution in [0.15, 0.2) is 83.0 Å². The van der Waals surface area contributed by atoms with Gasteiger partial charge in [0.25, 0.3) is 0 Å². The minimum Gasteiger partial charge on any atom is -0.497 e. The molecule has 8 nitrogen and oxygen atoms in total. The van der Waals surface area contributed by atoms with E-state index >= 15 is 0 Å². The summed E-state index contributed by atoms with van der Waals surface area (Å²) in [5.74, 6) is 1.47. The summed E-state index contributed by atoms with van der Waals surface area (Å²) in [6.45, 7) is 0. The smallest absolute Gasteiger partial charge is 0.184 e. The molecule has 0 heterocycles. The second-order valence-corrected chi connectivity index (χ2v) is 7.79. The van der Waals surface area contributed by atoms with Gasteiger partial charge in [0.1, 0.15) is 11.5 Å². The molecule has 0 atom stereocenters. The SMILES string of the molecule is COc1ccc(/C(=N\NC(N)=S)c2cccc(/C(=N/NC(N)=S)c3ccc(OC)cc3)c2)cc1. The number of benzene rings is 3. The Kier molecular flexibility index (Phi) is 8.49. The lowest BCUT2D eigenvalue weighted by atomic mass is 9.96. The highest BCUT2D eigenvalue weighted by atomic mass is 32.1. The first-order valence-corrected chi connectivity index (χ1v) is 10.9. The number of hydrazone groups is 2. The van der Waals surface area contributed by atoms with Gasteiger partial charge in [-0.15, -0.1) is 0 Å². The molecule has 0 aliphatic heterocycles. The molecule has 0 saturated heterocycles. The molecule has 0 fully saturated rings. The third kappa shape index (κ3) is 6.50. The van der Waals surface area contributed by atoms with E-state index in [1.807, 2.05) is 72.8 Å². The topological polar surface area (TPSA) is 119 Å². The van der Waals surface area contributed by atoms with Gasteiger partial charge in [0, 0.05) is 22.3 Å². The summed E-state index contributed by atoms with van der Waals surface area (Å²) in [4.78, 5) is 0. The zero-order valence-electron chi connectivity index (χ0n) is 18.6. The molecule has 10 heteroatoms. The highest BCUT2D eigenvalue weighted by Crippen LogP contribution is 2.20. The standard InChI is InChI=1S/C24H24N6O2S2/c1-31-19-10-6-15(7-11-19)21(27-29-23(25)33)17-4-3-5-18(14-17)22(28-30-24(26)34)16-8-12-20(32-2)13-9-16/h3-14H,1-2H3,(H3,25,29,33)(H3,26,30,34)/b27-21+,28-22+. The second-order valence-electron chi connectivity index (χ2n) is 6.91. The first kappa shape index (κ1) is 24.6. The average Bonchev–Trinajstić information content (AvgIpc) is 2.85. The third-order valence-corrected chi connectivity index (χ3v) is 4.87. The fraction of sp³-hybridized carbons (Fsp3) is 0.0833. The van der Waals surface area contributed by atoms with Gasteiger partial charge in [0.15, 0.2) is 10.2 Å². The molecule has 174 valence electrons. The van der Waals surface area contributed by atoms with Gasteiger partial charge in [-0.3, -0.25) is 10.9 Å². The summed E-state index contributed by atoms with van der Waals surface area (Å²) in [6.07, 6.45) is 0. The van der Waals surface area contributed by atoms with E-state index in [2.05, 4.69) is 21.1 Å². The van der Waals surface area contributed by atoms with Gasteiger partial charge in [-0.25, -0.2) is 0 Å². The molecule has 3 rings (SSSR count). The van der Waals surface area contributed by atoms with Crippen molar-refractivity contribution in [1.82, 2.24) is 10.9 Å². The van der Waals surface area contributed by atoms with E-state index in [1.165, 1.54) is 0 Å². The van der Waals surface area contributed by atoms with Crippen LogP contribution < -0.4 is 31.8 Å². The predicted octanol–water partition coefficient (Wildman–Crippen LogP) is 2.88. The van der Waals surface area contributed by atoms with Crippen LogP contribution in [-0.4, -0.2) is 35.9 Å². The Hall–Kier alpha value is -4.02. The lowest BCUT2D eigenvalue weighted by Gasteiger charge is -2.13. The van der Waals surface area contributed by atoms with Crippen LogP contribution in [0.3, 0.4) is 0 Å². The van der Waals surface area contributed by atoms with E-state index in [0.29, 0.717) is 11.4 Å². The number of nitrogens with two attached hydrogens (primary N) is 2. The quantitative estimate of drug-likeness (QED) is 0.215. The Labute approximate surface area is 208 Å². The van der Waals surface area contributed by atoms with Crippen molar-refractivity contribution in [3.05, 3.63) is 95.1 Å². The molecular formula is C24H24N6O2S2. The predicted molar refractivity (Wildman–Crippen MR) is 144 cm³/mol. The van der Waals surface area contributed by atoms with Crippen molar-refractivity contribution >= 4 is 46.1 Å². The van der Waals surface area contributed by atoms with E-state index in [0.717, 1.165) is 33.8 Å². The lowest BCUT2D eigenvalue weighted by Crippen LogP contribution is -2.26. The van der Waals surface area contributed by atoms with Gasteiger partial charge in [0.05, 0.1) is 25.6 Å². The van der Waals surface area contributed by atoms with Crippen LogP contribution in [0.2, 0.25) is 0 Å². The maximum atomic E-state index is 5.62. The number of hydrogen-bond donors (Lipinski definition) is 4. The van der Waals surface area contributed by atoms with Gasteiger partial charge in [-0.05, 0) is 79.0 Å². The van der Waals surface area contributed by atoms with Crippen LogP contribution in [0.4, 0.5) is 0 Å². The molecule has 6 N–H and O–H groups in total. The van der Waals surface area contributed by atoms with Crippen LogP contribution in [0.1, 0.15) is 22.3 Å². The number of methoxy groups -OCH3 is 2. The Morgan fingerprint density at radius 1 is 0.647 bits per heavy atom. The molecule has 0 aliphatic carbocycles. The van der Waals surface area contributed by atoms with Gasteiger partial charge >= 0.3 is 0 Å². The van der Waals surface area contributed by atoms with Crippen molar-refractivity contribution in [1.29, 1.82) is 0 Å². The van der Waals surface area contributed by atoms with E-state index in [4.69, 9.17) is 45.4 Å². The molecule has 34 heavy (non-hydrogen) atoms. The summed E-state index contributed by atoms with van der Waals surface area (Å²) in [5, 5.41) is 8.99. The van der Waals surface area contributed by atoms with Gasteiger partial charge in [-0.2, -0.15) is 10.2 Å². The first-order chi connectivity index (χ1) is 16.4. The van der Waals surface area contributed by atoms with Crippen molar-refractivity contribution in [2.24, 2.45) is 21.7 Å². The number of rotatable bonds is 8. The molecule has 0 spiro atoms. The summed E-state index contributed by atoms with van der Waals surface area (Å²) in [7, 11) is 3.23. The lowest BCUT2D eigenvalue weighted by molar-refractivity contribution is 0.414. The zero-order valence-corrected chi connectivity index (χ0v) is 20.2. The van der Waals surface area contributed by atoms with Gasteiger partial charge in [0.2, 0.25) is 0 Å². The first-order valence-electron chi connectivity index (χ1n) is 10.1. The van der Waals surface area contributed by atoms with E-state index < -0.39 is 0 Å². The molecule has 0 aliphatic rings. The van der Waals surface area contributed by atoms with Crippen molar-refractivity contribution in [2.45, 2.75) is 0 Å². The Balaban J connectivity index is 2.09. The fourth-order valence-corrected chi connectivity index (χ4v) is 3.22.